The van der Waals surface area contributed by atoms with Crippen LogP contribution in [-0.4, -0.2) is 97.0 Å². The average molecular weight is 692 g/mol. The SMILES string of the molecule is COC(=O)CCCCCN(C)[C@@H](CC1CCCCC1)C(=O)NC(=O)CNC(=O)[C@@H](CCSC)NC(=O)[C@H](N)Cc1c(C)cc(O)cc1C. The quantitative estimate of drug-likeness (QED) is 0.101. The van der Waals surface area contributed by atoms with Crippen LogP contribution in [0.5, 0.6) is 5.75 Å². The molecule has 270 valence electrons. The number of nitrogens with two attached hydrogens (primary N) is 1. The van der Waals surface area contributed by atoms with Gasteiger partial charge in [0.1, 0.15) is 11.8 Å². The number of aromatic hydroxyl groups is 1. The molecule has 1 aromatic rings. The van der Waals surface area contributed by atoms with E-state index in [1.54, 1.807) is 12.1 Å². The highest BCUT2D eigenvalue weighted by atomic mass is 32.2. The molecule has 3 atom stereocenters. The molecule has 0 unspecified atom stereocenters. The van der Waals surface area contributed by atoms with Crippen molar-refractivity contribution in [2.24, 2.45) is 11.7 Å². The lowest BCUT2D eigenvalue weighted by atomic mass is 9.84. The molecule has 1 saturated carbocycles. The van der Waals surface area contributed by atoms with Crippen LogP contribution in [0.4, 0.5) is 0 Å². The largest absolute Gasteiger partial charge is 0.508 e. The Labute approximate surface area is 290 Å². The lowest BCUT2D eigenvalue weighted by Crippen LogP contribution is -2.54. The molecule has 0 radical (unpaired) electrons. The van der Waals surface area contributed by atoms with Crippen LogP contribution in [0, 0.1) is 19.8 Å². The Balaban J connectivity index is 1.96. The smallest absolute Gasteiger partial charge is 0.305 e. The topological polar surface area (TPSA) is 180 Å². The van der Waals surface area contributed by atoms with Gasteiger partial charge in [-0.15, -0.1) is 0 Å². The van der Waals surface area contributed by atoms with E-state index in [0.29, 0.717) is 43.9 Å². The van der Waals surface area contributed by atoms with Crippen molar-refractivity contribution in [2.75, 3.05) is 39.3 Å². The third-order valence-corrected chi connectivity index (χ3v) is 9.75. The van der Waals surface area contributed by atoms with E-state index in [9.17, 15) is 29.1 Å². The third kappa shape index (κ3) is 14.5. The number of carbonyl (C=O) groups excluding carboxylic acids is 5. The minimum absolute atomic E-state index is 0.141. The van der Waals surface area contributed by atoms with Gasteiger partial charge in [-0.1, -0.05) is 38.5 Å². The molecular weight excluding hydrogens is 634 g/mol. The van der Waals surface area contributed by atoms with Gasteiger partial charge in [-0.3, -0.25) is 34.2 Å². The molecule has 0 aliphatic heterocycles. The van der Waals surface area contributed by atoms with E-state index in [-0.39, 0.29) is 18.1 Å². The zero-order valence-electron chi connectivity index (χ0n) is 29.4. The molecular formula is C35H57N5O7S. The van der Waals surface area contributed by atoms with Crippen molar-refractivity contribution in [3.8, 4) is 5.75 Å². The van der Waals surface area contributed by atoms with Gasteiger partial charge in [0.2, 0.25) is 23.6 Å². The zero-order chi connectivity index (χ0) is 35.6. The summed E-state index contributed by atoms with van der Waals surface area (Å²) in [7, 11) is 3.26. The number of rotatable bonds is 20. The molecule has 13 heteroatoms. The summed E-state index contributed by atoms with van der Waals surface area (Å²) in [4.78, 5) is 65.8. The van der Waals surface area contributed by atoms with Gasteiger partial charge in [0.15, 0.2) is 0 Å². The summed E-state index contributed by atoms with van der Waals surface area (Å²) in [5.41, 5.74) is 8.71. The van der Waals surface area contributed by atoms with Crippen molar-refractivity contribution in [2.45, 2.75) is 109 Å². The van der Waals surface area contributed by atoms with Gasteiger partial charge in [0.05, 0.1) is 25.7 Å². The number of esters is 1. The summed E-state index contributed by atoms with van der Waals surface area (Å²) < 4.78 is 4.70. The molecule has 1 aromatic carbocycles. The third-order valence-electron chi connectivity index (χ3n) is 9.11. The summed E-state index contributed by atoms with van der Waals surface area (Å²) in [6.45, 7) is 3.90. The highest BCUT2D eigenvalue weighted by Gasteiger charge is 2.29. The average Bonchev–Trinajstić information content (AvgIpc) is 3.05. The molecule has 1 aliphatic rings. The first-order valence-electron chi connectivity index (χ1n) is 17.1. The van der Waals surface area contributed by atoms with Crippen molar-refractivity contribution < 1.29 is 33.8 Å². The van der Waals surface area contributed by atoms with Crippen LogP contribution in [0.25, 0.3) is 0 Å². The van der Waals surface area contributed by atoms with E-state index in [4.69, 9.17) is 10.5 Å². The first kappa shape index (κ1) is 41.0. The highest BCUT2D eigenvalue weighted by molar-refractivity contribution is 7.98. The number of thioether (sulfide) groups is 1. The Morgan fingerprint density at radius 3 is 2.31 bits per heavy atom. The van der Waals surface area contributed by atoms with Crippen molar-refractivity contribution in [3.63, 3.8) is 0 Å². The van der Waals surface area contributed by atoms with Gasteiger partial charge >= 0.3 is 5.97 Å². The predicted octanol–water partition coefficient (Wildman–Crippen LogP) is 2.88. The Bertz CT molecular complexity index is 1200. The Kier molecular flexibility index (Phi) is 18.6. The van der Waals surface area contributed by atoms with Gasteiger partial charge in [0.25, 0.3) is 0 Å². The standard InChI is InChI=1S/C35H57N5O7S/c1-23-18-26(41)19-24(2)27(23)21-28(36)33(44)38-29(15-17-48-5)34(45)37-22-31(42)39-35(46)30(20-25-12-8-6-9-13-25)40(3)16-11-7-10-14-32(43)47-4/h18-19,25,28-30,41H,6-17,20-22,36H2,1-5H3,(H,37,45)(H,38,44)(H,39,42,46)/t28-,29-,30+/m1/s1. The number of aryl methyl sites for hydroxylation is 2. The van der Waals surface area contributed by atoms with Gasteiger partial charge < -0.3 is 26.2 Å². The summed E-state index contributed by atoms with van der Waals surface area (Å²) in [5, 5.41) is 17.6. The maximum atomic E-state index is 13.4. The number of benzene rings is 1. The number of unbranched alkanes of at least 4 members (excludes halogenated alkanes) is 2. The molecule has 0 spiro atoms. The Hall–Kier alpha value is -3.16. The second-order valence-corrected chi connectivity index (χ2v) is 14.0. The number of ether oxygens (including phenoxy) is 1. The number of methoxy groups -OCH3 is 1. The normalized spacial score (nSPS) is 15.3. The van der Waals surface area contributed by atoms with Crippen LogP contribution in [-0.2, 0) is 35.1 Å². The van der Waals surface area contributed by atoms with Crippen LogP contribution in [0.2, 0.25) is 0 Å². The van der Waals surface area contributed by atoms with E-state index in [0.717, 1.165) is 55.2 Å². The summed E-state index contributed by atoms with van der Waals surface area (Å²) in [6, 6.07) is 0.895. The molecule has 0 heterocycles. The number of imide groups is 1. The lowest BCUT2D eigenvalue weighted by Gasteiger charge is -2.31. The number of nitrogens with one attached hydrogen (secondary N) is 3. The molecule has 0 bridgehead atoms. The number of likely N-dealkylation sites (N-methyl/N-ethyl adjacent to an activating group) is 1. The van der Waals surface area contributed by atoms with E-state index in [1.807, 2.05) is 32.1 Å². The zero-order valence-corrected chi connectivity index (χ0v) is 30.2. The van der Waals surface area contributed by atoms with Crippen LogP contribution < -0.4 is 21.7 Å². The highest BCUT2D eigenvalue weighted by Crippen LogP contribution is 2.28. The van der Waals surface area contributed by atoms with Gasteiger partial charge in [0, 0.05) is 6.42 Å². The number of phenolic OH excluding ortho intramolecular Hbond substituents is 1. The van der Waals surface area contributed by atoms with E-state index >= 15 is 0 Å². The van der Waals surface area contributed by atoms with Gasteiger partial charge in [-0.25, -0.2) is 0 Å². The molecule has 1 aliphatic carbocycles. The first-order valence-corrected chi connectivity index (χ1v) is 18.5. The number of phenols is 1. The first-order chi connectivity index (χ1) is 22.9. The Morgan fingerprint density at radius 2 is 1.69 bits per heavy atom. The van der Waals surface area contributed by atoms with Crippen LogP contribution >= 0.6 is 11.8 Å². The van der Waals surface area contributed by atoms with E-state index < -0.39 is 48.3 Å². The van der Waals surface area contributed by atoms with E-state index in [1.165, 1.54) is 25.3 Å². The van der Waals surface area contributed by atoms with Crippen LogP contribution in [0.3, 0.4) is 0 Å². The van der Waals surface area contributed by atoms with Gasteiger partial charge in [-0.2, -0.15) is 11.8 Å². The number of carbonyl (C=O) groups is 5. The molecule has 0 saturated heterocycles. The fraction of sp³-hybridized carbons (Fsp3) is 0.686. The predicted molar refractivity (Wildman–Crippen MR) is 188 cm³/mol. The molecule has 6 N–H and O–H groups in total. The maximum absolute atomic E-state index is 13.4. The van der Waals surface area contributed by atoms with Crippen molar-refractivity contribution >= 4 is 41.4 Å². The fourth-order valence-corrected chi connectivity index (χ4v) is 6.71. The second-order valence-electron chi connectivity index (χ2n) is 13.0. The molecule has 12 nitrogen and oxygen atoms in total. The fourth-order valence-electron chi connectivity index (χ4n) is 6.23. The number of nitrogens with zero attached hydrogens (tertiary/aromatic N) is 1. The molecule has 4 amide bonds. The summed E-state index contributed by atoms with van der Waals surface area (Å²) in [5.74, 6) is -1.16. The monoisotopic (exact) mass is 691 g/mol. The van der Waals surface area contributed by atoms with Crippen molar-refractivity contribution in [3.05, 3.63) is 28.8 Å². The van der Waals surface area contributed by atoms with Crippen LogP contribution in [0.15, 0.2) is 12.1 Å². The Morgan fingerprint density at radius 1 is 1.02 bits per heavy atom. The van der Waals surface area contributed by atoms with E-state index in [2.05, 4.69) is 16.0 Å². The second kappa shape index (κ2) is 21.7. The number of amides is 4. The lowest BCUT2D eigenvalue weighted by molar-refractivity contribution is -0.140. The molecule has 1 fully saturated rings. The minimum atomic E-state index is -0.927. The summed E-state index contributed by atoms with van der Waals surface area (Å²) in [6.07, 6.45) is 11.4. The van der Waals surface area contributed by atoms with Crippen molar-refractivity contribution in [1.82, 2.24) is 20.9 Å². The minimum Gasteiger partial charge on any atom is -0.508 e. The molecule has 2 rings (SSSR count). The van der Waals surface area contributed by atoms with Crippen molar-refractivity contribution in [1.29, 1.82) is 0 Å². The summed E-state index contributed by atoms with van der Waals surface area (Å²) >= 11 is 1.52. The molecule has 0 aromatic heterocycles. The van der Waals surface area contributed by atoms with Gasteiger partial charge in [-0.05, 0) is 106 Å². The molecule has 48 heavy (non-hydrogen) atoms. The number of hydrogen-bond acceptors (Lipinski definition) is 10. The maximum Gasteiger partial charge on any atom is 0.305 e. The number of hydrogen-bond donors (Lipinski definition) is 5. The van der Waals surface area contributed by atoms with Crippen LogP contribution in [0.1, 0.15) is 87.3 Å².